The molecule has 24 heavy (non-hydrogen) atoms. The summed E-state index contributed by atoms with van der Waals surface area (Å²) >= 11 is 0. The lowest BCUT2D eigenvalue weighted by molar-refractivity contribution is 0.0750. The molecule has 3 rings (SSSR count). The van der Waals surface area contributed by atoms with Gasteiger partial charge in [-0.25, -0.2) is 15.0 Å². The van der Waals surface area contributed by atoms with Crippen molar-refractivity contribution in [1.29, 1.82) is 0 Å². The number of nitrogens with zero attached hydrogens (tertiary/aromatic N) is 3. The maximum absolute atomic E-state index is 12.9. The van der Waals surface area contributed by atoms with Crippen LogP contribution in [0.15, 0.2) is 37.4 Å². The second-order valence-corrected chi connectivity index (χ2v) is 5.53. The monoisotopic (exact) mass is 326 g/mol. The Morgan fingerprint density at radius 2 is 1.83 bits per heavy atom. The predicted molar refractivity (Wildman–Crippen MR) is 85.4 cm³/mol. The van der Waals surface area contributed by atoms with Gasteiger partial charge in [-0.2, -0.15) is 0 Å². The van der Waals surface area contributed by atoms with Crippen molar-refractivity contribution in [3.8, 4) is 0 Å². The van der Waals surface area contributed by atoms with E-state index in [2.05, 4.69) is 29.9 Å². The lowest BCUT2D eigenvalue weighted by Gasteiger charge is -2.22. The highest BCUT2D eigenvalue weighted by molar-refractivity contribution is 6.02. The molecule has 0 aliphatic carbocycles. The molecule has 0 radical (unpaired) electrons. The third kappa shape index (κ3) is 3.17. The van der Waals surface area contributed by atoms with Crippen molar-refractivity contribution < 1.29 is 9.59 Å². The molecule has 0 spiro atoms. The number of carbonyl (C=O) groups excluding carboxylic acids is 2. The SMILES string of the molecule is CCC(C(=O)c1ncc[nH]1)C(Cc1cnc[nH]1)C(=O)c1cnc[nH]1. The van der Waals surface area contributed by atoms with E-state index in [1.807, 2.05) is 6.92 Å². The summed E-state index contributed by atoms with van der Waals surface area (Å²) in [6.45, 7) is 1.89. The van der Waals surface area contributed by atoms with E-state index in [4.69, 9.17) is 0 Å². The van der Waals surface area contributed by atoms with Gasteiger partial charge in [0.25, 0.3) is 0 Å². The van der Waals surface area contributed by atoms with E-state index in [9.17, 15) is 9.59 Å². The van der Waals surface area contributed by atoms with Gasteiger partial charge in [-0.3, -0.25) is 9.59 Å². The van der Waals surface area contributed by atoms with Gasteiger partial charge >= 0.3 is 0 Å². The van der Waals surface area contributed by atoms with Crippen molar-refractivity contribution in [3.63, 3.8) is 0 Å². The number of rotatable bonds is 8. The van der Waals surface area contributed by atoms with Crippen molar-refractivity contribution in [2.45, 2.75) is 19.8 Å². The number of carbonyl (C=O) groups is 2. The number of Topliss-reactive ketones (excluding diaryl/α,β-unsaturated/α-hetero) is 2. The Bertz CT molecular complexity index is 777. The molecule has 0 saturated carbocycles. The van der Waals surface area contributed by atoms with Gasteiger partial charge in [-0.15, -0.1) is 0 Å². The average Bonchev–Trinajstić information content (AvgIpc) is 3.36. The molecular formula is C16H18N6O2. The van der Waals surface area contributed by atoms with Crippen LogP contribution in [0.25, 0.3) is 0 Å². The van der Waals surface area contributed by atoms with Crippen LogP contribution in [0.1, 0.15) is 40.1 Å². The Kier molecular flexibility index (Phi) is 4.64. The fourth-order valence-electron chi connectivity index (χ4n) is 2.87. The Labute approximate surface area is 138 Å². The number of aromatic nitrogens is 6. The fourth-order valence-corrected chi connectivity index (χ4v) is 2.87. The Morgan fingerprint density at radius 1 is 1.04 bits per heavy atom. The Morgan fingerprint density at radius 3 is 2.42 bits per heavy atom. The summed E-state index contributed by atoms with van der Waals surface area (Å²) in [5.74, 6) is -1.06. The summed E-state index contributed by atoms with van der Waals surface area (Å²) < 4.78 is 0. The largest absolute Gasteiger partial charge is 0.348 e. The van der Waals surface area contributed by atoms with E-state index in [1.165, 1.54) is 18.7 Å². The van der Waals surface area contributed by atoms with E-state index in [-0.39, 0.29) is 17.4 Å². The van der Waals surface area contributed by atoms with Crippen LogP contribution in [0.3, 0.4) is 0 Å². The van der Waals surface area contributed by atoms with Gasteiger partial charge in [0.1, 0.15) is 5.69 Å². The van der Waals surface area contributed by atoms with Crippen LogP contribution in [0.5, 0.6) is 0 Å². The molecule has 3 N–H and O–H groups in total. The molecule has 8 nitrogen and oxygen atoms in total. The molecule has 3 aromatic heterocycles. The number of imidazole rings is 3. The standard InChI is InChI=1S/C16H18N6O2/c1-2-11(15(24)16-19-3-4-20-16)12(5-10-6-17-8-21-10)14(23)13-7-18-9-22-13/h3-4,6-9,11-12H,2,5H2,1H3,(H,17,21)(H,18,22)(H,19,20). The highest BCUT2D eigenvalue weighted by Gasteiger charge is 2.35. The molecule has 0 saturated heterocycles. The van der Waals surface area contributed by atoms with Crippen LogP contribution < -0.4 is 0 Å². The highest BCUT2D eigenvalue weighted by Crippen LogP contribution is 2.26. The van der Waals surface area contributed by atoms with E-state index >= 15 is 0 Å². The summed E-state index contributed by atoms with van der Waals surface area (Å²) in [6, 6.07) is 0. The molecule has 124 valence electrons. The maximum Gasteiger partial charge on any atom is 0.201 e. The second kappa shape index (κ2) is 7.03. The van der Waals surface area contributed by atoms with Crippen LogP contribution in [-0.4, -0.2) is 41.5 Å². The van der Waals surface area contributed by atoms with Gasteiger partial charge in [0.05, 0.1) is 18.9 Å². The van der Waals surface area contributed by atoms with Gasteiger partial charge in [0, 0.05) is 36.1 Å². The number of hydrogen-bond acceptors (Lipinski definition) is 5. The van der Waals surface area contributed by atoms with Crippen molar-refractivity contribution in [2.75, 3.05) is 0 Å². The first kappa shape index (κ1) is 15.9. The summed E-state index contributed by atoms with van der Waals surface area (Å²) in [6.07, 6.45) is 10.2. The zero-order valence-corrected chi connectivity index (χ0v) is 13.2. The Hall–Kier alpha value is -3.03. The number of ketones is 2. The van der Waals surface area contributed by atoms with E-state index < -0.39 is 11.8 Å². The average molecular weight is 326 g/mol. The lowest BCUT2D eigenvalue weighted by Crippen LogP contribution is -2.32. The summed E-state index contributed by atoms with van der Waals surface area (Å²) in [4.78, 5) is 46.3. The van der Waals surface area contributed by atoms with Gasteiger partial charge in [-0.1, -0.05) is 6.92 Å². The third-order valence-corrected chi connectivity index (χ3v) is 4.09. The van der Waals surface area contributed by atoms with Gasteiger partial charge in [-0.05, 0) is 12.8 Å². The maximum atomic E-state index is 12.9. The molecule has 3 heterocycles. The predicted octanol–water partition coefficient (Wildman–Crippen LogP) is 1.81. The summed E-state index contributed by atoms with van der Waals surface area (Å²) in [5.41, 5.74) is 1.20. The first-order valence-corrected chi connectivity index (χ1v) is 7.74. The minimum Gasteiger partial charge on any atom is -0.348 e. The second-order valence-electron chi connectivity index (χ2n) is 5.53. The highest BCUT2D eigenvalue weighted by atomic mass is 16.1. The molecule has 8 heteroatoms. The van der Waals surface area contributed by atoms with Crippen LogP contribution in [0.2, 0.25) is 0 Å². The van der Waals surface area contributed by atoms with Crippen molar-refractivity contribution in [2.24, 2.45) is 11.8 Å². The molecule has 2 unspecified atom stereocenters. The minimum absolute atomic E-state index is 0.145. The topological polar surface area (TPSA) is 120 Å². The van der Waals surface area contributed by atoms with Gasteiger partial charge < -0.3 is 15.0 Å². The van der Waals surface area contributed by atoms with Crippen LogP contribution in [0, 0.1) is 11.8 Å². The fraction of sp³-hybridized carbons (Fsp3) is 0.312. The Balaban J connectivity index is 1.92. The zero-order chi connectivity index (χ0) is 16.9. The zero-order valence-electron chi connectivity index (χ0n) is 13.2. The molecular weight excluding hydrogens is 308 g/mol. The molecule has 0 bridgehead atoms. The normalized spacial score (nSPS) is 13.5. The number of nitrogens with one attached hydrogen (secondary N) is 3. The number of hydrogen-bond donors (Lipinski definition) is 3. The van der Waals surface area contributed by atoms with E-state index in [0.717, 1.165) is 5.69 Å². The van der Waals surface area contributed by atoms with E-state index in [0.29, 0.717) is 18.5 Å². The quantitative estimate of drug-likeness (QED) is 0.545. The van der Waals surface area contributed by atoms with Crippen molar-refractivity contribution in [1.82, 2.24) is 29.9 Å². The van der Waals surface area contributed by atoms with Crippen molar-refractivity contribution >= 4 is 11.6 Å². The smallest absolute Gasteiger partial charge is 0.201 e. The third-order valence-electron chi connectivity index (χ3n) is 4.09. The first-order chi connectivity index (χ1) is 11.7. The molecule has 2 atom stereocenters. The molecule has 0 aliphatic rings. The molecule has 0 fully saturated rings. The lowest BCUT2D eigenvalue weighted by atomic mass is 9.79. The molecule has 0 amide bonds. The summed E-state index contributed by atoms with van der Waals surface area (Å²) in [7, 11) is 0. The van der Waals surface area contributed by atoms with Crippen LogP contribution >= 0.6 is 0 Å². The number of aromatic amines is 3. The van der Waals surface area contributed by atoms with Gasteiger partial charge in [0.2, 0.25) is 5.78 Å². The van der Waals surface area contributed by atoms with Gasteiger partial charge in [0.15, 0.2) is 11.6 Å². The molecule has 3 aromatic rings. The molecule has 0 aliphatic heterocycles. The van der Waals surface area contributed by atoms with Crippen LogP contribution in [-0.2, 0) is 6.42 Å². The van der Waals surface area contributed by atoms with Crippen molar-refractivity contribution in [3.05, 3.63) is 54.7 Å². The molecule has 0 aromatic carbocycles. The first-order valence-electron chi connectivity index (χ1n) is 7.74. The minimum atomic E-state index is -0.534. The number of H-pyrrole nitrogens is 3. The summed E-state index contributed by atoms with van der Waals surface area (Å²) in [5, 5.41) is 0. The van der Waals surface area contributed by atoms with E-state index in [1.54, 1.807) is 18.7 Å². The van der Waals surface area contributed by atoms with Crippen LogP contribution in [0.4, 0.5) is 0 Å².